The van der Waals surface area contributed by atoms with Gasteiger partial charge in [-0.25, -0.2) is 9.59 Å². The van der Waals surface area contributed by atoms with Crippen LogP contribution < -0.4 is 11.1 Å². The van der Waals surface area contributed by atoms with Gasteiger partial charge in [-0.05, 0) is 31.2 Å². The van der Waals surface area contributed by atoms with Crippen LogP contribution in [0.1, 0.15) is 17.3 Å². The molecule has 9 heteroatoms. The molecule has 1 aromatic heterocycles. The summed E-state index contributed by atoms with van der Waals surface area (Å²) < 4.78 is 16.0. The number of benzene rings is 2. The Bertz CT molecular complexity index is 1110. The van der Waals surface area contributed by atoms with Crippen LogP contribution in [-0.2, 0) is 25.6 Å². The number of anilines is 1. The summed E-state index contributed by atoms with van der Waals surface area (Å²) in [7, 11) is 0. The molecule has 0 spiro atoms. The lowest BCUT2D eigenvalue weighted by Gasteiger charge is -2.10. The number of para-hydroxylation sites is 3. The average molecular weight is 398 g/mol. The van der Waals surface area contributed by atoms with Crippen LogP contribution in [0.5, 0.6) is 0 Å². The van der Waals surface area contributed by atoms with Gasteiger partial charge < -0.3 is 19.2 Å². The largest absolute Gasteiger partial charge is 0.462 e. The first kappa shape index (κ1) is 19.9. The molecule has 0 saturated carbocycles. The third-order valence-corrected chi connectivity index (χ3v) is 3.92. The van der Waals surface area contributed by atoms with Gasteiger partial charge in [0.05, 0.1) is 23.4 Å². The highest BCUT2D eigenvalue weighted by Crippen LogP contribution is 2.16. The van der Waals surface area contributed by atoms with Crippen molar-refractivity contribution in [2.75, 3.05) is 18.5 Å². The number of aromatic nitrogens is 1. The number of esters is 2. The van der Waals surface area contributed by atoms with Crippen LogP contribution in [-0.4, -0.2) is 35.6 Å². The maximum Gasteiger partial charge on any atom is 0.420 e. The fourth-order valence-electron chi connectivity index (χ4n) is 2.65. The number of rotatable bonds is 7. The molecule has 150 valence electrons. The van der Waals surface area contributed by atoms with E-state index in [4.69, 9.17) is 13.9 Å². The zero-order valence-electron chi connectivity index (χ0n) is 15.5. The van der Waals surface area contributed by atoms with Gasteiger partial charge in [-0.1, -0.05) is 24.3 Å². The van der Waals surface area contributed by atoms with Crippen molar-refractivity contribution >= 4 is 34.6 Å². The van der Waals surface area contributed by atoms with E-state index in [0.29, 0.717) is 11.1 Å². The monoisotopic (exact) mass is 398 g/mol. The molecular formula is C20H18N2O7. The number of nitrogens with zero attached hydrogens (tertiary/aromatic N) is 1. The van der Waals surface area contributed by atoms with Crippen LogP contribution >= 0.6 is 0 Å². The zero-order chi connectivity index (χ0) is 20.8. The van der Waals surface area contributed by atoms with Gasteiger partial charge in [-0.15, -0.1) is 0 Å². The fraction of sp³-hybridized carbons (Fsp3) is 0.200. The first-order valence-electron chi connectivity index (χ1n) is 8.79. The van der Waals surface area contributed by atoms with Crippen LogP contribution in [0.15, 0.2) is 57.7 Å². The lowest BCUT2D eigenvalue weighted by Crippen LogP contribution is -2.26. The highest BCUT2D eigenvalue weighted by atomic mass is 16.5. The molecule has 3 aromatic rings. The summed E-state index contributed by atoms with van der Waals surface area (Å²) in [4.78, 5) is 48.0. The summed E-state index contributed by atoms with van der Waals surface area (Å²) >= 11 is 0. The van der Waals surface area contributed by atoms with Gasteiger partial charge in [0.2, 0.25) is 0 Å². The zero-order valence-corrected chi connectivity index (χ0v) is 15.5. The minimum Gasteiger partial charge on any atom is -0.462 e. The molecule has 0 saturated heterocycles. The van der Waals surface area contributed by atoms with Gasteiger partial charge in [-0.3, -0.25) is 14.2 Å². The topological polar surface area (TPSA) is 117 Å². The number of hydrogen-bond acceptors (Lipinski definition) is 7. The quantitative estimate of drug-likeness (QED) is 0.605. The number of nitrogens with one attached hydrogen (secondary N) is 1. The SMILES string of the molecule is CCOC(=O)c1ccccc1NC(=O)COC(=O)Cn1c(=O)oc2ccccc21. The Balaban J connectivity index is 1.60. The van der Waals surface area contributed by atoms with Crippen molar-refractivity contribution in [2.24, 2.45) is 0 Å². The first-order valence-corrected chi connectivity index (χ1v) is 8.79. The Hall–Kier alpha value is -3.88. The van der Waals surface area contributed by atoms with Crippen molar-refractivity contribution < 1.29 is 28.3 Å². The third kappa shape index (κ3) is 4.70. The maximum atomic E-state index is 12.1. The number of ether oxygens (including phenoxy) is 2. The number of fused-ring (bicyclic) bond motifs is 1. The average Bonchev–Trinajstić information content (AvgIpc) is 3.02. The van der Waals surface area contributed by atoms with E-state index in [0.717, 1.165) is 4.57 Å². The molecule has 9 nitrogen and oxygen atoms in total. The van der Waals surface area contributed by atoms with E-state index >= 15 is 0 Å². The Kier molecular flexibility index (Phi) is 6.08. The molecular weight excluding hydrogens is 380 g/mol. The van der Waals surface area contributed by atoms with E-state index in [1.54, 1.807) is 43.3 Å². The predicted octanol–water partition coefficient (Wildman–Crippen LogP) is 1.95. The smallest absolute Gasteiger partial charge is 0.420 e. The molecule has 0 aliphatic heterocycles. The second-order valence-corrected chi connectivity index (χ2v) is 5.90. The number of carbonyl (C=O) groups excluding carboxylic acids is 3. The van der Waals surface area contributed by atoms with E-state index in [-0.39, 0.29) is 17.9 Å². The Labute approximate surface area is 164 Å². The van der Waals surface area contributed by atoms with E-state index in [2.05, 4.69) is 5.32 Å². The summed E-state index contributed by atoms with van der Waals surface area (Å²) in [6.45, 7) is 0.886. The van der Waals surface area contributed by atoms with Crippen LogP contribution in [0.3, 0.4) is 0 Å². The summed E-state index contributed by atoms with van der Waals surface area (Å²) in [5, 5.41) is 2.50. The number of oxazole rings is 1. The van der Waals surface area contributed by atoms with Crippen LogP contribution in [0.25, 0.3) is 11.1 Å². The number of amides is 1. The normalized spacial score (nSPS) is 10.5. The lowest BCUT2D eigenvalue weighted by atomic mass is 10.2. The molecule has 3 rings (SSSR count). The Morgan fingerprint density at radius 2 is 1.76 bits per heavy atom. The molecule has 0 bridgehead atoms. The number of carbonyl (C=O) groups is 3. The van der Waals surface area contributed by atoms with Gasteiger partial charge in [0, 0.05) is 0 Å². The lowest BCUT2D eigenvalue weighted by molar-refractivity contribution is -0.147. The van der Waals surface area contributed by atoms with Gasteiger partial charge in [0.25, 0.3) is 5.91 Å². The second-order valence-electron chi connectivity index (χ2n) is 5.90. The summed E-state index contributed by atoms with van der Waals surface area (Å²) in [5.74, 6) is -2.70. The van der Waals surface area contributed by atoms with E-state index < -0.39 is 36.8 Å². The second kappa shape index (κ2) is 8.87. The molecule has 1 N–H and O–H groups in total. The van der Waals surface area contributed by atoms with E-state index in [9.17, 15) is 19.2 Å². The summed E-state index contributed by atoms with van der Waals surface area (Å²) in [6.07, 6.45) is 0. The van der Waals surface area contributed by atoms with Gasteiger partial charge in [0.1, 0.15) is 6.54 Å². The molecule has 29 heavy (non-hydrogen) atoms. The van der Waals surface area contributed by atoms with Gasteiger partial charge in [0.15, 0.2) is 12.2 Å². The van der Waals surface area contributed by atoms with Crippen molar-refractivity contribution in [3.8, 4) is 0 Å². The van der Waals surface area contributed by atoms with Crippen LogP contribution in [0, 0.1) is 0 Å². The Morgan fingerprint density at radius 3 is 2.55 bits per heavy atom. The summed E-state index contributed by atoms with van der Waals surface area (Å²) in [5.41, 5.74) is 1.22. The molecule has 1 amide bonds. The predicted molar refractivity (Wildman–Crippen MR) is 102 cm³/mol. The summed E-state index contributed by atoms with van der Waals surface area (Å²) in [6, 6.07) is 13.0. The number of hydrogen-bond donors (Lipinski definition) is 1. The van der Waals surface area contributed by atoms with Crippen molar-refractivity contribution in [3.63, 3.8) is 0 Å². The van der Waals surface area contributed by atoms with Crippen molar-refractivity contribution in [3.05, 3.63) is 64.6 Å². The van der Waals surface area contributed by atoms with E-state index in [1.807, 2.05) is 0 Å². The molecule has 0 fully saturated rings. The van der Waals surface area contributed by atoms with Gasteiger partial charge in [-0.2, -0.15) is 0 Å². The standard InChI is InChI=1S/C20H18N2O7/c1-2-27-19(25)13-7-3-4-8-14(13)21-17(23)12-28-18(24)11-22-15-9-5-6-10-16(15)29-20(22)26/h3-10H,2,11-12H2,1H3,(H,21,23). The van der Waals surface area contributed by atoms with Crippen LogP contribution in [0.2, 0.25) is 0 Å². The van der Waals surface area contributed by atoms with Crippen LogP contribution in [0.4, 0.5) is 5.69 Å². The Morgan fingerprint density at radius 1 is 1.03 bits per heavy atom. The molecule has 0 aliphatic rings. The minimum atomic E-state index is -0.785. The molecule has 2 aromatic carbocycles. The van der Waals surface area contributed by atoms with E-state index in [1.165, 1.54) is 12.1 Å². The first-order chi connectivity index (χ1) is 14.0. The third-order valence-electron chi connectivity index (χ3n) is 3.92. The molecule has 0 radical (unpaired) electrons. The maximum absolute atomic E-state index is 12.1. The highest BCUT2D eigenvalue weighted by Gasteiger charge is 2.17. The molecule has 1 heterocycles. The van der Waals surface area contributed by atoms with Crippen molar-refractivity contribution in [1.82, 2.24) is 4.57 Å². The highest BCUT2D eigenvalue weighted by molar-refractivity contribution is 6.01. The molecule has 0 atom stereocenters. The van der Waals surface area contributed by atoms with Crippen molar-refractivity contribution in [2.45, 2.75) is 13.5 Å². The minimum absolute atomic E-state index is 0.186. The molecule has 0 aliphatic carbocycles. The fourth-order valence-corrected chi connectivity index (χ4v) is 2.65. The van der Waals surface area contributed by atoms with Crippen molar-refractivity contribution in [1.29, 1.82) is 0 Å². The molecule has 0 unspecified atom stereocenters. The van der Waals surface area contributed by atoms with Gasteiger partial charge >= 0.3 is 17.7 Å².